The lowest BCUT2D eigenvalue weighted by Gasteiger charge is -2.28. The molecule has 0 aliphatic carbocycles. The lowest BCUT2D eigenvalue weighted by molar-refractivity contribution is 0.199. The van der Waals surface area contributed by atoms with E-state index in [9.17, 15) is 0 Å². The van der Waals surface area contributed by atoms with Crippen molar-refractivity contribution in [2.24, 2.45) is 11.8 Å². The van der Waals surface area contributed by atoms with Crippen molar-refractivity contribution in [3.63, 3.8) is 0 Å². The van der Waals surface area contributed by atoms with Crippen molar-refractivity contribution < 1.29 is 0 Å². The maximum absolute atomic E-state index is 3.63. The van der Waals surface area contributed by atoms with Gasteiger partial charge in [0, 0.05) is 18.1 Å². The van der Waals surface area contributed by atoms with Gasteiger partial charge in [0.25, 0.3) is 0 Å². The van der Waals surface area contributed by atoms with Crippen molar-refractivity contribution in [3.05, 3.63) is 0 Å². The molecule has 0 aromatic carbocycles. The van der Waals surface area contributed by atoms with Gasteiger partial charge in [0.1, 0.15) is 0 Å². The summed E-state index contributed by atoms with van der Waals surface area (Å²) in [6.07, 6.45) is 1.36. The summed E-state index contributed by atoms with van der Waals surface area (Å²) in [4.78, 5) is 2.65. The second-order valence-electron chi connectivity index (χ2n) is 6.77. The highest BCUT2D eigenvalue weighted by molar-refractivity contribution is 4.83. The van der Waals surface area contributed by atoms with E-state index in [0.29, 0.717) is 0 Å². The van der Waals surface area contributed by atoms with Crippen LogP contribution in [0, 0.1) is 11.8 Å². The summed E-state index contributed by atoms with van der Waals surface area (Å²) in [6, 6.07) is 0.736. The largest absolute Gasteiger partial charge is 0.312 e. The number of nitrogens with zero attached hydrogens (tertiary/aromatic N) is 1. The molecule has 2 atom stereocenters. The molecule has 2 nitrogen and oxygen atoms in total. The molecular weight excluding hydrogens is 196 g/mol. The van der Waals surface area contributed by atoms with E-state index in [-0.39, 0.29) is 5.54 Å². The van der Waals surface area contributed by atoms with Crippen LogP contribution in [-0.4, -0.2) is 36.1 Å². The van der Waals surface area contributed by atoms with Gasteiger partial charge in [0.05, 0.1) is 0 Å². The predicted octanol–water partition coefficient (Wildman–Crippen LogP) is 2.74. The van der Waals surface area contributed by atoms with Gasteiger partial charge in [-0.25, -0.2) is 0 Å². The summed E-state index contributed by atoms with van der Waals surface area (Å²) < 4.78 is 0. The van der Waals surface area contributed by atoms with Gasteiger partial charge in [-0.2, -0.15) is 0 Å². The van der Waals surface area contributed by atoms with E-state index < -0.39 is 0 Å². The molecule has 1 rings (SSSR count). The fraction of sp³-hybridized carbons (Fsp3) is 1.00. The van der Waals surface area contributed by atoms with Crippen LogP contribution in [0.2, 0.25) is 0 Å². The molecule has 2 unspecified atom stereocenters. The lowest BCUT2D eigenvalue weighted by Crippen LogP contribution is -2.40. The van der Waals surface area contributed by atoms with Crippen LogP contribution in [0.1, 0.15) is 48.0 Å². The van der Waals surface area contributed by atoms with Gasteiger partial charge in [-0.15, -0.1) is 0 Å². The Morgan fingerprint density at radius 3 is 2.38 bits per heavy atom. The molecule has 0 spiro atoms. The van der Waals surface area contributed by atoms with Gasteiger partial charge in [-0.3, -0.25) is 0 Å². The molecule has 2 heteroatoms. The van der Waals surface area contributed by atoms with Crippen LogP contribution in [0.4, 0.5) is 0 Å². The molecule has 0 saturated carbocycles. The van der Waals surface area contributed by atoms with Gasteiger partial charge < -0.3 is 10.2 Å². The predicted molar refractivity (Wildman–Crippen MR) is 71.7 cm³/mol. The quantitative estimate of drug-likeness (QED) is 0.793. The summed E-state index contributed by atoms with van der Waals surface area (Å²) in [7, 11) is 0. The number of hydrogen-bond donors (Lipinski definition) is 1. The standard InChI is InChI=1S/C14H30N2/c1-11(2)12(3)16-8-7-13(10-16)9-15-14(4,5)6/h11-13,15H,7-10H2,1-6H3. The Morgan fingerprint density at radius 1 is 1.25 bits per heavy atom. The van der Waals surface area contributed by atoms with Crippen molar-refractivity contribution in [2.75, 3.05) is 19.6 Å². The highest BCUT2D eigenvalue weighted by Crippen LogP contribution is 2.21. The molecule has 1 N–H and O–H groups in total. The van der Waals surface area contributed by atoms with E-state index in [2.05, 4.69) is 51.8 Å². The van der Waals surface area contributed by atoms with E-state index in [1.54, 1.807) is 0 Å². The molecule has 1 saturated heterocycles. The molecule has 1 aliphatic heterocycles. The average molecular weight is 226 g/mol. The van der Waals surface area contributed by atoms with Crippen LogP contribution in [0.25, 0.3) is 0 Å². The third-order valence-corrected chi connectivity index (χ3v) is 3.78. The van der Waals surface area contributed by atoms with Crippen molar-refractivity contribution in [3.8, 4) is 0 Å². The highest BCUT2D eigenvalue weighted by atomic mass is 15.2. The lowest BCUT2D eigenvalue weighted by atomic mass is 10.0. The Kier molecular flexibility index (Phi) is 4.81. The van der Waals surface area contributed by atoms with Crippen LogP contribution >= 0.6 is 0 Å². The first-order valence-corrected chi connectivity index (χ1v) is 6.78. The van der Waals surface area contributed by atoms with E-state index in [4.69, 9.17) is 0 Å². The van der Waals surface area contributed by atoms with Gasteiger partial charge in [0.15, 0.2) is 0 Å². The van der Waals surface area contributed by atoms with Crippen LogP contribution in [0.15, 0.2) is 0 Å². The third kappa shape index (κ3) is 4.42. The van der Waals surface area contributed by atoms with Gasteiger partial charge in [-0.05, 0) is 59.0 Å². The highest BCUT2D eigenvalue weighted by Gasteiger charge is 2.27. The van der Waals surface area contributed by atoms with Crippen LogP contribution in [0.5, 0.6) is 0 Å². The number of hydrogen-bond acceptors (Lipinski definition) is 2. The monoisotopic (exact) mass is 226 g/mol. The summed E-state index contributed by atoms with van der Waals surface area (Å²) in [5.74, 6) is 1.62. The van der Waals surface area contributed by atoms with Crippen molar-refractivity contribution in [2.45, 2.75) is 59.5 Å². The Hall–Kier alpha value is -0.0800. The molecule has 0 amide bonds. The third-order valence-electron chi connectivity index (χ3n) is 3.78. The molecule has 0 bridgehead atoms. The first-order valence-electron chi connectivity index (χ1n) is 6.78. The minimum absolute atomic E-state index is 0.261. The smallest absolute Gasteiger partial charge is 0.00966 e. The second-order valence-corrected chi connectivity index (χ2v) is 6.77. The van der Waals surface area contributed by atoms with Crippen LogP contribution in [0.3, 0.4) is 0 Å². The minimum Gasteiger partial charge on any atom is -0.312 e. The summed E-state index contributed by atoms with van der Waals surface area (Å²) in [5.41, 5.74) is 0.261. The minimum atomic E-state index is 0.261. The molecule has 0 radical (unpaired) electrons. The van der Waals surface area contributed by atoms with Crippen molar-refractivity contribution in [1.82, 2.24) is 10.2 Å². The summed E-state index contributed by atoms with van der Waals surface area (Å²) in [6.45, 7) is 17.5. The zero-order valence-electron chi connectivity index (χ0n) is 12.0. The normalized spacial score (nSPS) is 25.3. The van der Waals surface area contributed by atoms with E-state index in [1.165, 1.54) is 26.1 Å². The van der Waals surface area contributed by atoms with Gasteiger partial charge in [0.2, 0.25) is 0 Å². The topological polar surface area (TPSA) is 15.3 Å². The average Bonchev–Trinajstić information content (AvgIpc) is 2.60. The second kappa shape index (κ2) is 5.50. The molecule has 16 heavy (non-hydrogen) atoms. The number of nitrogens with one attached hydrogen (secondary N) is 1. The van der Waals surface area contributed by atoms with E-state index >= 15 is 0 Å². The van der Waals surface area contributed by atoms with E-state index in [0.717, 1.165) is 17.9 Å². The Labute approximate surface area is 102 Å². The SMILES string of the molecule is CC(C)C(C)N1CCC(CNC(C)(C)C)C1. The van der Waals surface area contributed by atoms with Gasteiger partial charge >= 0.3 is 0 Å². The molecule has 0 aromatic rings. The molecule has 0 aromatic heterocycles. The van der Waals surface area contributed by atoms with Crippen LogP contribution < -0.4 is 5.32 Å². The van der Waals surface area contributed by atoms with Crippen molar-refractivity contribution in [1.29, 1.82) is 0 Å². The maximum Gasteiger partial charge on any atom is 0.00966 e. The molecule has 1 heterocycles. The van der Waals surface area contributed by atoms with Crippen molar-refractivity contribution >= 4 is 0 Å². The first-order chi connectivity index (χ1) is 7.29. The zero-order valence-corrected chi connectivity index (χ0v) is 12.0. The molecule has 1 fully saturated rings. The summed E-state index contributed by atoms with van der Waals surface area (Å²) in [5, 5.41) is 3.63. The Bertz CT molecular complexity index is 205. The fourth-order valence-electron chi connectivity index (χ4n) is 2.27. The number of likely N-dealkylation sites (tertiary alicyclic amines) is 1. The zero-order chi connectivity index (χ0) is 12.3. The maximum atomic E-state index is 3.63. The summed E-state index contributed by atoms with van der Waals surface area (Å²) >= 11 is 0. The van der Waals surface area contributed by atoms with Gasteiger partial charge in [-0.1, -0.05) is 13.8 Å². The Morgan fingerprint density at radius 2 is 1.88 bits per heavy atom. The fourth-order valence-corrected chi connectivity index (χ4v) is 2.27. The van der Waals surface area contributed by atoms with E-state index in [1.807, 2.05) is 0 Å². The van der Waals surface area contributed by atoms with Crippen LogP contribution in [-0.2, 0) is 0 Å². The number of rotatable bonds is 4. The first kappa shape index (κ1) is 14.0. The molecule has 1 aliphatic rings. The Balaban J connectivity index is 2.30. The molecular formula is C14H30N2. The molecule has 96 valence electrons.